The lowest BCUT2D eigenvalue weighted by Crippen LogP contribution is -2.40. The summed E-state index contributed by atoms with van der Waals surface area (Å²) in [5.74, 6) is -1.31. The molecule has 0 atom stereocenters. The Morgan fingerprint density at radius 3 is 2.19 bits per heavy atom. The molecule has 0 spiro atoms. The second-order valence-corrected chi connectivity index (χ2v) is 8.01. The predicted octanol–water partition coefficient (Wildman–Crippen LogP) is -0.182. The van der Waals surface area contributed by atoms with Gasteiger partial charge in [-0.3, -0.25) is 4.79 Å². The number of carbonyl (C=O) groups is 1. The molecule has 0 bridgehead atoms. The van der Waals surface area contributed by atoms with Crippen LogP contribution in [-0.4, -0.2) is 44.8 Å². The normalized spacial score (nSPS) is 12.8. The van der Waals surface area contributed by atoms with Crippen LogP contribution in [0.1, 0.15) is 13.8 Å². The molecule has 0 amide bonds. The molecule has 1 aromatic rings. The van der Waals surface area contributed by atoms with Gasteiger partial charge in [-0.05, 0) is 32.0 Å². The summed E-state index contributed by atoms with van der Waals surface area (Å²) in [5, 5.41) is 13.8. The van der Waals surface area contributed by atoms with Gasteiger partial charge in [0.25, 0.3) is 0 Å². The highest BCUT2D eigenvalue weighted by molar-refractivity contribution is 7.90. The van der Waals surface area contributed by atoms with Crippen LogP contribution < -0.4 is 5.14 Å². The fraction of sp³-hybridized carbons (Fsp3) is 0.364. The van der Waals surface area contributed by atoms with E-state index < -0.39 is 38.6 Å². The second-order valence-electron chi connectivity index (χ2n) is 4.56. The van der Waals surface area contributed by atoms with E-state index in [-0.39, 0.29) is 9.79 Å². The molecule has 0 aliphatic heterocycles. The molecule has 1 rings (SSSR count). The summed E-state index contributed by atoms with van der Waals surface area (Å²) in [4.78, 5) is 10.1. The first-order valence-electron chi connectivity index (χ1n) is 5.82. The summed E-state index contributed by atoms with van der Waals surface area (Å²) in [6.45, 7) is 2.31. The second kappa shape index (κ2) is 6.10. The van der Waals surface area contributed by atoms with Gasteiger partial charge in [0, 0.05) is 6.04 Å². The van der Waals surface area contributed by atoms with Crippen molar-refractivity contribution < 1.29 is 26.7 Å². The number of rotatable bonds is 6. The summed E-state index contributed by atoms with van der Waals surface area (Å²) in [6, 6.07) is 3.87. The summed E-state index contributed by atoms with van der Waals surface area (Å²) >= 11 is 0. The summed E-state index contributed by atoms with van der Waals surface area (Å²) in [5.41, 5.74) is 0. The third kappa shape index (κ3) is 4.24. The maximum atomic E-state index is 12.4. The van der Waals surface area contributed by atoms with E-state index in [1.807, 2.05) is 0 Å². The molecule has 118 valence electrons. The van der Waals surface area contributed by atoms with Crippen LogP contribution in [0, 0.1) is 0 Å². The van der Waals surface area contributed by atoms with E-state index in [2.05, 4.69) is 0 Å². The van der Waals surface area contributed by atoms with Crippen molar-refractivity contribution in [2.45, 2.75) is 29.7 Å². The third-order valence-corrected chi connectivity index (χ3v) is 5.54. The Labute approximate surface area is 123 Å². The minimum absolute atomic E-state index is 0.330. The van der Waals surface area contributed by atoms with Crippen LogP contribution in [0.3, 0.4) is 0 Å². The highest BCUT2D eigenvalue weighted by Gasteiger charge is 2.29. The highest BCUT2D eigenvalue weighted by atomic mass is 32.2. The van der Waals surface area contributed by atoms with Gasteiger partial charge in [-0.25, -0.2) is 22.0 Å². The molecule has 0 aliphatic carbocycles. The SMILES string of the molecule is CC(C)N(CC(=O)O)S(=O)(=O)c1cccc(S(N)(=O)=O)c1. The van der Waals surface area contributed by atoms with E-state index in [0.29, 0.717) is 0 Å². The Balaban J connectivity index is 3.39. The van der Waals surface area contributed by atoms with Gasteiger partial charge in [-0.15, -0.1) is 0 Å². The number of hydrogen-bond acceptors (Lipinski definition) is 5. The molecule has 0 heterocycles. The van der Waals surface area contributed by atoms with E-state index in [0.717, 1.165) is 16.4 Å². The number of aliphatic carboxylic acids is 1. The largest absolute Gasteiger partial charge is 0.480 e. The molecule has 0 saturated carbocycles. The van der Waals surface area contributed by atoms with E-state index in [4.69, 9.17) is 10.2 Å². The van der Waals surface area contributed by atoms with Crippen LogP contribution in [0.15, 0.2) is 34.1 Å². The maximum absolute atomic E-state index is 12.4. The smallest absolute Gasteiger partial charge is 0.318 e. The van der Waals surface area contributed by atoms with Gasteiger partial charge in [-0.2, -0.15) is 4.31 Å². The summed E-state index contributed by atoms with van der Waals surface area (Å²) in [7, 11) is -8.20. The highest BCUT2D eigenvalue weighted by Crippen LogP contribution is 2.20. The molecule has 10 heteroatoms. The number of nitrogens with two attached hydrogens (primary N) is 1. The van der Waals surface area contributed by atoms with Crippen LogP contribution in [0.4, 0.5) is 0 Å². The summed E-state index contributed by atoms with van der Waals surface area (Å²) < 4.78 is 48.1. The Kier molecular flexibility index (Phi) is 5.10. The molecule has 0 fully saturated rings. The first kappa shape index (κ1) is 17.6. The number of hydrogen-bond donors (Lipinski definition) is 2. The van der Waals surface area contributed by atoms with E-state index in [1.54, 1.807) is 0 Å². The minimum Gasteiger partial charge on any atom is -0.480 e. The maximum Gasteiger partial charge on any atom is 0.318 e. The zero-order valence-electron chi connectivity index (χ0n) is 11.4. The van der Waals surface area contributed by atoms with Crippen molar-refractivity contribution >= 4 is 26.0 Å². The number of primary sulfonamides is 1. The van der Waals surface area contributed by atoms with Crippen molar-refractivity contribution in [3.63, 3.8) is 0 Å². The summed E-state index contributed by atoms with van der Waals surface area (Å²) in [6.07, 6.45) is 0. The van der Waals surface area contributed by atoms with Crippen molar-refractivity contribution in [3.8, 4) is 0 Å². The van der Waals surface area contributed by atoms with Gasteiger partial charge >= 0.3 is 5.97 Å². The first-order chi connectivity index (χ1) is 9.46. The van der Waals surface area contributed by atoms with Gasteiger partial charge in [0.1, 0.15) is 6.54 Å². The molecule has 0 aliphatic rings. The monoisotopic (exact) mass is 336 g/mol. The molecule has 21 heavy (non-hydrogen) atoms. The van der Waals surface area contributed by atoms with Crippen molar-refractivity contribution in [3.05, 3.63) is 24.3 Å². The van der Waals surface area contributed by atoms with E-state index in [1.165, 1.54) is 26.0 Å². The van der Waals surface area contributed by atoms with Crippen LogP contribution >= 0.6 is 0 Å². The lowest BCUT2D eigenvalue weighted by atomic mass is 10.4. The Bertz CT molecular complexity index is 740. The van der Waals surface area contributed by atoms with Crippen LogP contribution in [-0.2, 0) is 24.8 Å². The number of benzene rings is 1. The van der Waals surface area contributed by atoms with Gasteiger partial charge in [0.15, 0.2) is 0 Å². The van der Waals surface area contributed by atoms with Crippen LogP contribution in [0.2, 0.25) is 0 Å². The van der Waals surface area contributed by atoms with Crippen LogP contribution in [0.25, 0.3) is 0 Å². The number of carboxylic acid groups (broad SMARTS) is 1. The van der Waals surface area contributed by atoms with Crippen molar-refractivity contribution in [2.24, 2.45) is 5.14 Å². The standard InChI is InChI=1S/C11H16N2O6S2/c1-8(2)13(7-11(14)15)21(18,19)10-5-3-4-9(6-10)20(12,16)17/h3-6,8H,7H2,1-2H3,(H,14,15)(H2,12,16,17). The fourth-order valence-electron chi connectivity index (χ4n) is 1.63. The van der Waals surface area contributed by atoms with Crippen molar-refractivity contribution in [1.29, 1.82) is 0 Å². The van der Waals surface area contributed by atoms with Gasteiger partial charge < -0.3 is 5.11 Å². The average Bonchev–Trinajstić information content (AvgIpc) is 2.34. The number of carboxylic acids is 1. The Morgan fingerprint density at radius 2 is 1.76 bits per heavy atom. The molecule has 0 radical (unpaired) electrons. The minimum atomic E-state index is -4.15. The van der Waals surface area contributed by atoms with Crippen LogP contribution in [0.5, 0.6) is 0 Å². The topological polar surface area (TPSA) is 135 Å². The Morgan fingerprint density at radius 1 is 1.24 bits per heavy atom. The molecule has 3 N–H and O–H groups in total. The average molecular weight is 336 g/mol. The molecular formula is C11H16N2O6S2. The molecule has 0 aromatic heterocycles. The lowest BCUT2D eigenvalue weighted by Gasteiger charge is -2.24. The molecule has 8 nitrogen and oxygen atoms in total. The van der Waals surface area contributed by atoms with Crippen molar-refractivity contribution in [1.82, 2.24) is 4.31 Å². The lowest BCUT2D eigenvalue weighted by molar-refractivity contribution is -0.137. The van der Waals surface area contributed by atoms with E-state index >= 15 is 0 Å². The number of nitrogens with zero attached hydrogens (tertiary/aromatic N) is 1. The number of sulfonamides is 2. The molecule has 0 saturated heterocycles. The quantitative estimate of drug-likeness (QED) is 0.739. The zero-order chi connectivity index (χ0) is 16.4. The predicted molar refractivity (Wildman–Crippen MR) is 74.5 cm³/mol. The molecular weight excluding hydrogens is 320 g/mol. The molecule has 1 aromatic carbocycles. The zero-order valence-corrected chi connectivity index (χ0v) is 13.1. The van der Waals surface area contributed by atoms with Gasteiger partial charge in [0.2, 0.25) is 20.0 Å². The van der Waals surface area contributed by atoms with Gasteiger partial charge in [0.05, 0.1) is 9.79 Å². The fourth-order valence-corrected chi connectivity index (χ4v) is 3.89. The first-order valence-corrected chi connectivity index (χ1v) is 8.81. The molecule has 0 unspecified atom stereocenters. The Hall–Kier alpha value is -1.49. The third-order valence-electron chi connectivity index (χ3n) is 2.61. The van der Waals surface area contributed by atoms with Gasteiger partial charge in [-0.1, -0.05) is 6.07 Å². The van der Waals surface area contributed by atoms with Crippen molar-refractivity contribution in [2.75, 3.05) is 6.54 Å². The van der Waals surface area contributed by atoms with E-state index in [9.17, 15) is 21.6 Å².